The Balaban J connectivity index is 2.11. The molecule has 0 radical (unpaired) electrons. The van der Waals surface area contributed by atoms with Crippen molar-refractivity contribution in [3.8, 4) is 0 Å². The van der Waals surface area contributed by atoms with Crippen molar-refractivity contribution in [3.63, 3.8) is 0 Å². The second-order valence-electron chi connectivity index (χ2n) is 4.18. The van der Waals surface area contributed by atoms with E-state index >= 15 is 0 Å². The van der Waals surface area contributed by atoms with Crippen LogP contribution < -0.4 is 11.3 Å². The highest BCUT2D eigenvalue weighted by atomic mass is 35.5. The third-order valence-electron chi connectivity index (χ3n) is 2.93. The summed E-state index contributed by atoms with van der Waals surface area (Å²) >= 11 is 5.87. The van der Waals surface area contributed by atoms with E-state index in [1.54, 1.807) is 0 Å². The number of aromatic nitrogens is 2. The van der Waals surface area contributed by atoms with E-state index in [4.69, 9.17) is 17.4 Å². The summed E-state index contributed by atoms with van der Waals surface area (Å²) in [5.41, 5.74) is 5.11. The van der Waals surface area contributed by atoms with Gasteiger partial charge < -0.3 is 0 Å². The van der Waals surface area contributed by atoms with Gasteiger partial charge in [-0.2, -0.15) is 5.10 Å². The number of benzene rings is 1. The number of halogens is 1. The number of aryl methyl sites for hydroxylation is 1. The molecule has 2 rings (SSSR count). The van der Waals surface area contributed by atoms with Gasteiger partial charge in [0.05, 0.1) is 12.2 Å². The zero-order chi connectivity index (χ0) is 13.0. The van der Waals surface area contributed by atoms with Crippen LogP contribution in [-0.2, 0) is 13.0 Å². The molecule has 1 aromatic carbocycles. The molecule has 0 saturated heterocycles. The summed E-state index contributed by atoms with van der Waals surface area (Å²) in [4.78, 5) is 0. The third kappa shape index (κ3) is 3.10. The molecule has 18 heavy (non-hydrogen) atoms. The number of nitrogens with zero attached hydrogens (tertiary/aromatic N) is 2. The maximum atomic E-state index is 5.87. The van der Waals surface area contributed by atoms with Gasteiger partial charge in [-0.15, -0.1) is 0 Å². The van der Waals surface area contributed by atoms with Gasteiger partial charge in [-0.25, -0.2) is 0 Å². The van der Waals surface area contributed by atoms with Gasteiger partial charge in [-0.1, -0.05) is 23.7 Å². The van der Waals surface area contributed by atoms with Crippen LogP contribution in [0.3, 0.4) is 0 Å². The predicted octanol–water partition coefficient (Wildman–Crippen LogP) is 2.30. The van der Waals surface area contributed by atoms with Crippen LogP contribution in [0.4, 0.5) is 0 Å². The molecule has 0 bridgehead atoms. The van der Waals surface area contributed by atoms with Gasteiger partial charge in [0.15, 0.2) is 0 Å². The Kier molecular flexibility index (Phi) is 4.36. The molecule has 1 atom stereocenters. The lowest BCUT2D eigenvalue weighted by Crippen LogP contribution is -2.29. The SMILES string of the molecule is CCn1cc(C(Cc2ccc(Cl)cc2)NN)cn1. The summed E-state index contributed by atoms with van der Waals surface area (Å²) in [6.45, 7) is 2.92. The molecule has 0 aliphatic carbocycles. The molecule has 96 valence electrons. The van der Waals surface area contributed by atoms with Gasteiger partial charge in [0.1, 0.15) is 0 Å². The Morgan fingerprint density at radius 3 is 2.67 bits per heavy atom. The number of rotatable bonds is 5. The van der Waals surface area contributed by atoms with E-state index in [0.717, 1.165) is 23.6 Å². The molecule has 1 unspecified atom stereocenters. The van der Waals surface area contributed by atoms with Crippen molar-refractivity contribution in [2.75, 3.05) is 0 Å². The molecule has 2 aromatic rings. The minimum Gasteiger partial charge on any atom is -0.273 e. The molecule has 4 nitrogen and oxygen atoms in total. The van der Waals surface area contributed by atoms with Crippen LogP contribution in [0.15, 0.2) is 36.7 Å². The highest BCUT2D eigenvalue weighted by Gasteiger charge is 2.12. The molecule has 0 aliphatic heterocycles. The summed E-state index contributed by atoms with van der Waals surface area (Å²) in [5.74, 6) is 5.62. The minimum absolute atomic E-state index is 0.0616. The molecule has 0 aliphatic rings. The largest absolute Gasteiger partial charge is 0.273 e. The lowest BCUT2D eigenvalue weighted by Gasteiger charge is -2.14. The zero-order valence-corrected chi connectivity index (χ0v) is 11.1. The average Bonchev–Trinajstić information content (AvgIpc) is 2.87. The first kappa shape index (κ1) is 13.1. The zero-order valence-electron chi connectivity index (χ0n) is 10.3. The van der Waals surface area contributed by atoms with E-state index in [0.29, 0.717) is 0 Å². The van der Waals surface area contributed by atoms with Crippen molar-refractivity contribution < 1.29 is 0 Å². The van der Waals surface area contributed by atoms with Crippen molar-refractivity contribution in [2.24, 2.45) is 5.84 Å². The summed E-state index contributed by atoms with van der Waals surface area (Å²) in [5, 5.41) is 5.00. The fourth-order valence-electron chi connectivity index (χ4n) is 1.86. The standard InChI is InChI=1S/C13H17ClN4/c1-2-18-9-11(8-16-18)13(17-15)7-10-3-5-12(14)6-4-10/h3-6,8-9,13,17H,2,7,15H2,1H3. The van der Waals surface area contributed by atoms with Crippen LogP contribution in [0.25, 0.3) is 0 Å². The lowest BCUT2D eigenvalue weighted by atomic mass is 10.0. The van der Waals surface area contributed by atoms with Crippen molar-refractivity contribution in [3.05, 3.63) is 52.8 Å². The molecular weight excluding hydrogens is 248 g/mol. The molecule has 0 spiro atoms. The summed E-state index contributed by atoms with van der Waals surface area (Å²) < 4.78 is 1.89. The topological polar surface area (TPSA) is 55.9 Å². The van der Waals surface area contributed by atoms with Crippen molar-refractivity contribution in [1.29, 1.82) is 0 Å². The van der Waals surface area contributed by atoms with Crippen molar-refractivity contribution in [1.82, 2.24) is 15.2 Å². The molecule has 0 saturated carbocycles. The number of nitrogens with one attached hydrogen (secondary N) is 1. The van der Waals surface area contributed by atoms with Crippen LogP contribution in [0.1, 0.15) is 24.1 Å². The Hall–Kier alpha value is -1.36. The fourth-order valence-corrected chi connectivity index (χ4v) is 1.99. The smallest absolute Gasteiger partial charge is 0.0538 e. The summed E-state index contributed by atoms with van der Waals surface area (Å²) in [7, 11) is 0. The number of hydrazine groups is 1. The van der Waals surface area contributed by atoms with Gasteiger partial charge in [-0.3, -0.25) is 16.0 Å². The first-order valence-corrected chi connectivity index (χ1v) is 6.33. The van der Waals surface area contributed by atoms with Gasteiger partial charge in [0, 0.05) is 23.3 Å². The van der Waals surface area contributed by atoms with Gasteiger partial charge in [-0.05, 0) is 31.0 Å². The maximum Gasteiger partial charge on any atom is 0.0538 e. The summed E-state index contributed by atoms with van der Waals surface area (Å²) in [6.07, 6.45) is 4.67. The van der Waals surface area contributed by atoms with Crippen molar-refractivity contribution >= 4 is 11.6 Å². The first-order chi connectivity index (χ1) is 8.72. The van der Waals surface area contributed by atoms with Gasteiger partial charge >= 0.3 is 0 Å². The van der Waals surface area contributed by atoms with Crippen LogP contribution >= 0.6 is 11.6 Å². The average molecular weight is 265 g/mol. The van der Waals surface area contributed by atoms with Gasteiger partial charge in [0.25, 0.3) is 0 Å². The lowest BCUT2D eigenvalue weighted by molar-refractivity contribution is 0.550. The van der Waals surface area contributed by atoms with Crippen LogP contribution in [0.5, 0.6) is 0 Å². The first-order valence-electron chi connectivity index (χ1n) is 5.96. The van der Waals surface area contributed by atoms with Crippen LogP contribution in [0.2, 0.25) is 5.02 Å². The Morgan fingerprint density at radius 2 is 2.11 bits per heavy atom. The van der Waals surface area contributed by atoms with E-state index < -0.39 is 0 Å². The highest BCUT2D eigenvalue weighted by molar-refractivity contribution is 6.30. The summed E-state index contributed by atoms with van der Waals surface area (Å²) in [6, 6.07) is 7.86. The molecular formula is C13H17ClN4. The Bertz CT molecular complexity index is 492. The van der Waals surface area contributed by atoms with Gasteiger partial charge in [0.2, 0.25) is 0 Å². The second-order valence-corrected chi connectivity index (χ2v) is 4.62. The monoisotopic (exact) mass is 264 g/mol. The molecule has 1 heterocycles. The normalized spacial score (nSPS) is 12.6. The number of nitrogens with two attached hydrogens (primary N) is 1. The Morgan fingerprint density at radius 1 is 1.39 bits per heavy atom. The highest BCUT2D eigenvalue weighted by Crippen LogP contribution is 2.18. The number of hydrogen-bond donors (Lipinski definition) is 2. The number of hydrogen-bond acceptors (Lipinski definition) is 3. The van der Waals surface area contributed by atoms with Crippen LogP contribution in [-0.4, -0.2) is 9.78 Å². The molecule has 0 amide bonds. The van der Waals surface area contributed by atoms with E-state index in [-0.39, 0.29) is 6.04 Å². The van der Waals surface area contributed by atoms with E-state index in [9.17, 15) is 0 Å². The van der Waals surface area contributed by atoms with E-state index in [1.807, 2.05) is 41.3 Å². The van der Waals surface area contributed by atoms with Crippen LogP contribution in [0, 0.1) is 0 Å². The quantitative estimate of drug-likeness (QED) is 0.644. The minimum atomic E-state index is 0.0616. The predicted molar refractivity (Wildman–Crippen MR) is 73.1 cm³/mol. The van der Waals surface area contributed by atoms with Crippen molar-refractivity contribution in [2.45, 2.75) is 25.9 Å². The third-order valence-corrected chi connectivity index (χ3v) is 3.19. The molecule has 3 N–H and O–H groups in total. The molecule has 5 heteroatoms. The molecule has 1 aromatic heterocycles. The second kappa shape index (κ2) is 6.00. The van der Waals surface area contributed by atoms with E-state index in [1.165, 1.54) is 5.56 Å². The maximum absolute atomic E-state index is 5.87. The Labute approximate surface area is 112 Å². The molecule has 0 fully saturated rings. The van der Waals surface area contributed by atoms with E-state index in [2.05, 4.69) is 17.4 Å². The fraction of sp³-hybridized carbons (Fsp3) is 0.308.